The lowest BCUT2D eigenvalue weighted by Gasteiger charge is -1.67. The van der Waals surface area contributed by atoms with Crippen molar-refractivity contribution in [3.05, 3.63) is 11.1 Å². The summed E-state index contributed by atoms with van der Waals surface area (Å²) in [7, 11) is 0. The van der Waals surface area contributed by atoms with Gasteiger partial charge in [-0.15, -0.1) is 10.3 Å². The molecule has 0 aliphatic heterocycles. The third-order valence-electron chi connectivity index (χ3n) is 0.598. The molecule has 0 aromatic carbocycles. The van der Waals surface area contributed by atoms with E-state index >= 15 is 0 Å². The maximum absolute atomic E-state index is 9.86. The summed E-state index contributed by atoms with van der Waals surface area (Å²) in [6, 6.07) is 0. The van der Waals surface area contributed by atoms with Gasteiger partial charge in [0.1, 0.15) is 0 Å². The van der Waals surface area contributed by atoms with Gasteiger partial charge in [0, 0.05) is 0 Å². The average Bonchev–Trinajstić information content (AvgIpc) is 2.12. The van der Waals surface area contributed by atoms with Crippen molar-refractivity contribution in [1.82, 2.24) is 15.4 Å². The van der Waals surface area contributed by atoms with Crippen molar-refractivity contribution < 1.29 is 10.1 Å². The normalized spacial score (nSPS) is 9.00. The van der Waals surface area contributed by atoms with Crippen LogP contribution in [0, 0.1) is 4.91 Å². The van der Waals surface area contributed by atoms with E-state index in [4.69, 9.17) is 5.21 Å². The van der Waals surface area contributed by atoms with Gasteiger partial charge in [0.25, 0.3) is 0 Å². The predicted molar refractivity (Wildman–Crippen MR) is 21.5 cm³/mol. The van der Waals surface area contributed by atoms with Crippen molar-refractivity contribution in [3.8, 4) is 0 Å². The minimum absolute atomic E-state index is 0.148. The van der Waals surface area contributed by atoms with E-state index < -0.39 is 0 Å². The third-order valence-corrected chi connectivity index (χ3v) is 0.598. The second-order valence-corrected chi connectivity index (χ2v) is 1.10. The van der Waals surface area contributed by atoms with Crippen molar-refractivity contribution >= 4 is 5.82 Å². The van der Waals surface area contributed by atoms with Gasteiger partial charge in [-0.25, -0.2) is 0 Å². The van der Waals surface area contributed by atoms with Gasteiger partial charge in [0.15, 0.2) is 11.1 Å². The van der Waals surface area contributed by atoms with Gasteiger partial charge in [-0.3, -0.25) is 0 Å². The summed E-state index contributed by atoms with van der Waals surface area (Å²) in [5.74, 6) is -0.148. The predicted octanol–water partition coefficient (Wildman–Crippen LogP) is -0.396. The van der Waals surface area contributed by atoms with Gasteiger partial charge in [-0.05, 0) is 4.91 Å². The Morgan fingerprint density at radius 3 is 2.88 bits per heavy atom. The SMILES string of the molecule is O=[N+](O)c1cn[nH]n1. The molecule has 1 aromatic heterocycles. The summed E-state index contributed by atoms with van der Waals surface area (Å²) in [6.07, 6.45) is 1.10. The molecule has 1 rings (SSSR count). The van der Waals surface area contributed by atoms with E-state index in [0.29, 0.717) is 0 Å². The molecule has 0 aliphatic rings. The largest absolute Gasteiger partial charge is 0.453 e. The Morgan fingerprint density at radius 1 is 1.88 bits per heavy atom. The number of H-pyrrole nitrogens is 1. The van der Waals surface area contributed by atoms with Gasteiger partial charge >= 0.3 is 5.82 Å². The summed E-state index contributed by atoms with van der Waals surface area (Å²) in [4.78, 5) is 9.48. The van der Waals surface area contributed by atoms with Crippen LogP contribution in [0.15, 0.2) is 6.20 Å². The molecular formula is C2H3N4O2+. The molecule has 0 amide bonds. The molecule has 6 nitrogen and oxygen atoms in total. The molecule has 0 saturated carbocycles. The molecule has 0 radical (unpaired) electrons. The fourth-order valence-corrected chi connectivity index (χ4v) is 0.288. The standard InChI is InChI=1S/C2H3N4O2/c7-6(8)2-1-3-5-4-2/h1H,(H,7,8)(H,3,4,5)/q+1. The fourth-order valence-electron chi connectivity index (χ4n) is 0.288. The van der Waals surface area contributed by atoms with Crippen LogP contribution in [0.4, 0.5) is 5.82 Å². The zero-order valence-electron chi connectivity index (χ0n) is 3.77. The molecule has 0 saturated heterocycles. The lowest BCUT2D eigenvalue weighted by molar-refractivity contribution is -0.732. The number of hydrogen-bond donors (Lipinski definition) is 2. The van der Waals surface area contributed by atoms with Crippen LogP contribution in [-0.4, -0.2) is 25.5 Å². The summed E-state index contributed by atoms with van der Waals surface area (Å²) in [5, 5.41) is 16.7. The smallest absolute Gasteiger partial charge is 0.313 e. The van der Waals surface area contributed by atoms with Crippen molar-refractivity contribution in [2.45, 2.75) is 0 Å². The minimum Gasteiger partial charge on any atom is -0.313 e. The molecule has 0 atom stereocenters. The Bertz CT molecular complexity index is 180. The second-order valence-electron chi connectivity index (χ2n) is 1.10. The highest BCUT2D eigenvalue weighted by Crippen LogP contribution is 1.96. The highest BCUT2D eigenvalue weighted by Gasteiger charge is 2.11. The van der Waals surface area contributed by atoms with Crippen molar-refractivity contribution in [1.29, 1.82) is 0 Å². The summed E-state index contributed by atoms with van der Waals surface area (Å²) in [5.41, 5.74) is 0. The topological polar surface area (TPSA) is 81.9 Å². The number of hydrogen-bond acceptors (Lipinski definition) is 3. The van der Waals surface area contributed by atoms with Gasteiger partial charge in [-0.2, -0.15) is 0 Å². The molecule has 0 unspecified atom stereocenters. The first-order valence-corrected chi connectivity index (χ1v) is 1.82. The second kappa shape index (κ2) is 1.57. The monoisotopic (exact) mass is 115 g/mol. The summed E-state index contributed by atoms with van der Waals surface area (Å²) in [6.45, 7) is 0. The molecule has 1 heterocycles. The molecule has 0 fully saturated rings. The Hall–Kier alpha value is -1.46. The van der Waals surface area contributed by atoms with Crippen LogP contribution < -0.4 is 0 Å². The lowest BCUT2D eigenvalue weighted by Crippen LogP contribution is -1.90. The van der Waals surface area contributed by atoms with Gasteiger partial charge in [-0.1, -0.05) is 0 Å². The van der Waals surface area contributed by atoms with E-state index in [9.17, 15) is 4.91 Å². The van der Waals surface area contributed by atoms with E-state index in [-0.39, 0.29) is 10.7 Å². The quantitative estimate of drug-likeness (QED) is 0.488. The van der Waals surface area contributed by atoms with Gasteiger partial charge in [0.05, 0.1) is 5.10 Å². The Labute approximate surface area is 43.7 Å². The van der Waals surface area contributed by atoms with Crippen LogP contribution in [0.3, 0.4) is 0 Å². The van der Waals surface area contributed by atoms with E-state index in [1.54, 1.807) is 0 Å². The van der Waals surface area contributed by atoms with Crippen molar-refractivity contribution in [2.75, 3.05) is 0 Å². The Morgan fingerprint density at radius 2 is 2.62 bits per heavy atom. The van der Waals surface area contributed by atoms with E-state index in [1.807, 2.05) is 0 Å². The Balaban J connectivity index is 2.93. The van der Waals surface area contributed by atoms with E-state index in [2.05, 4.69) is 15.4 Å². The fraction of sp³-hybridized carbons (Fsp3) is 0. The molecule has 2 N–H and O–H groups in total. The number of aromatic nitrogens is 3. The molecule has 0 aliphatic carbocycles. The molecule has 42 valence electrons. The first-order chi connectivity index (χ1) is 3.80. The highest BCUT2D eigenvalue weighted by atomic mass is 16.6. The minimum atomic E-state index is -0.372. The molecule has 0 bridgehead atoms. The van der Waals surface area contributed by atoms with E-state index in [0.717, 1.165) is 6.20 Å². The van der Waals surface area contributed by atoms with Crippen LogP contribution in [0.5, 0.6) is 0 Å². The number of rotatable bonds is 1. The van der Waals surface area contributed by atoms with Gasteiger partial charge < -0.3 is 5.21 Å². The molecular weight excluding hydrogens is 112 g/mol. The number of nitrogens with one attached hydrogen (secondary N) is 1. The maximum Gasteiger partial charge on any atom is 0.453 e. The van der Waals surface area contributed by atoms with E-state index in [1.165, 1.54) is 0 Å². The summed E-state index contributed by atoms with van der Waals surface area (Å²) >= 11 is 0. The average molecular weight is 115 g/mol. The maximum atomic E-state index is 9.86. The molecule has 0 spiro atoms. The summed E-state index contributed by atoms with van der Waals surface area (Å²) < 4.78 is 0. The highest BCUT2D eigenvalue weighted by molar-refractivity contribution is 5.05. The zero-order chi connectivity index (χ0) is 5.98. The first kappa shape index (κ1) is 4.69. The molecule has 6 heteroatoms. The zero-order valence-corrected chi connectivity index (χ0v) is 3.77. The van der Waals surface area contributed by atoms with Crippen molar-refractivity contribution in [3.63, 3.8) is 0 Å². The van der Waals surface area contributed by atoms with Crippen molar-refractivity contribution in [2.24, 2.45) is 0 Å². The lowest BCUT2D eigenvalue weighted by atomic mass is 10.8. The molecule has 8 heavy (non-hydrogen) atoms. The van der Waals surface area contributed by atoms with Crippen LogP contribution in [0.2, 0.25) is 0 Å². The third kappa shape index (κ3) is 0.625. The van der Waals surface area contributed by atoms with Crippen LogP contribution in [-0.2, 0) is 0 Å². The van der Waals surface area contributed by atoms with Crippen LogP contribution in [0.1, 0.15) is 0 Å². The first-order valence-electron chi connectivity index (χ1n) is 1.82. The number of aromatic amines is 1. The van der Waals surface area contributed by atoms with Crippen LogP contribution in [0.25, 0.3) is 0 Å². The Kier molecular flexibility index (Phi) is 0.918. The van der Waals surface area contributed by atoms with Gasteiger partial charge in [0.2, 0.25) is 0 Å². The number of nitrogens with zero attached hydrogens (tertiary/aromatic N) is 3. The molecule has 1 aromatic rings. The van der Waals surface area contributed by atoms with Crippen LogP contribution >= 0.6 is 0 Å².